The van der Waals surface area contributed by atoms with Crippen LogP contribution in [-0.2, 0) is 11.2 Å². The SMILES string of the molecule is O=C(O)CCCCCCC1CN(CCC(O)CCc2ccco2)C(=O)N1. The minimum Gasteiger partial charge on any atom is -0.481 e. The van der Waals surface area contributed by atoms with Crippen molar-refractivity contribution in [1.29, 1.82) is 0 Å². The molecule has 1 aromatic heterocycles. The van der Waals surface area contributed by atoms with Gasteiger partial charge in [-0.25, -0.2) is 4.79 Å². The zero-order valence-corrected chi connectivity index (χ0v) is 15.2. The first kappa shape index (κ1) is 20.3. The molecule has 0 saturated carbocycles. The fraction of sp³-hybridized carbons (Fsp3) is 0.684. The Labute approximate surface area is 154 Å². The second-order valence-corrected chi connectivity index (χ2v) is 7.00. The van der Waals surface area contributed by atoms with Crippen LogP contribution in [0, 0.1) is 0 Å². The lowest BCUT2D eigenvalue weighted by Gasteiger charge is -2.17. The van der Waals surface area contributed by atoms with E-state index in [1.807, 2.05) is 12.1 Å². The van der Waals surface area contributed by atoms with Crippen molar-refractivity contribution >= 4 is 12.0 Å². The normalized spacial score (nSPS) is 18.1. The van der Waals surface area contributed by atoms with Crippen molar-refractivity contribution in [3.05, 3.63) is 24.2 Å². The van der Waals surface area contributed by atoms with Crippen LogP contribution >= 0.6 is 0 Å². The summed E-state index contributed by atoms with van der Waals surface area (Å²) >= 11 is 0. The molecule has 1 aromatic rings. The van der Waals surface area contributed by atoms with Gasteiger partial charge in [-0.15, -0.1) is 0 Å². The largest absolute Gasteiger partial charge is 0.481 e. The number of aliphatic carboxylic acids is 1. The molecule has 2 unspecified atom stereocenters. The van der Waals surface area contributed by atoms with Crippen LogP contribution in [0.3, 0.4) is 0 Å². The quantitative estimate of drug-likeness (QED) is 0.466. The topological polar surface area (TPSA) is 103 Å². The molecular formula is C19H30N2O5. The lowest BCUT2D eigenvalue weighted by molar-refractivity contribution is -0.137. The van der Waals surface area contributed by atoms with Crippen LogP contribution in [0.2, 0.25) is 0 Å². The Balaban J connectivity index is 1.54. The van der Waals surface area contributed by atoms with Crippen molar-refractivity contribution in [2.24, 2.45) is 0 Å². The van der Waals surface area contributed by atoms with E-state index in [2.05, 4.69) is 5.32 Å². The number of carboxylic acid groups (broad SMARTS) is 1. The molecule has 1 fully saturated rings. The fourth-order valence-corrected chi connectivity index (χ4v) is 3.25. The van der Waals surface area contributed by atoms with E-state index in [9.17, 15) is 14.7 Å². The summed E-state index contributed by atoms with van der Waals surface area (Å²) in [6.07, 6.45) is 7.84. The number of nitrogens with zero attached hydrogens (tertiary/aromatic N) is 1. The van der Waals surface area contributed by atoms with Crippen LogP contribution in [0.5, 0.6) is 0 Å². The maximum absolute atomic E-state index is 12.0. The number of urea groups is 1. The molecule has 7 nitrogen and oxygen atoms in total. The van der Waals surface area contributed by atoms with Crippen LogP contribution in [0.4, 0.5) is 4.79 Å². The second-order valence-electron chi connectivity index (χ2n) is 7.00. The Morgan fingerprint density at radius 2 is 2.12 bits per heavy atom. The number of carbonyl (C=O) groups is 2. The Hall–Kier alpha value is -2.02. The van der Waals surface area contributed by atoms with Gasteiger partial charge in [-0.3, -0.25) is 4.79 Å². The third-order valence-corrected chi connectivity index (χ3v) is 4.79. The van der Waals surface area contributed by atoms with Crippen LogP contribution in [0.1, 0.15) is 57.1 Å². The number of nitrogens with one attached hydrogen (secondary N) is 1. The van der Waals surface area contributed by atoms with E-state index in [4.69, 9.17) is 9.52 Å². The third-order valence-electron chi connectivity index (χ3n) is 4.79. The fourth-order valence-electron chi connectivity index (χ4n) is 3.25. The molecule has 0 bridgehead atoms. The van der Waals surface area contributed by atoms with Gasteiger partial charge in [-0.2, -0.15) is 0 Å². The number of aliphatic hydroxyl groups is 1. The summed E-state index contributed by atoms with van der Waals surface area (Å²) in [5, 5.41) is 21.7. The minimum atomic E-state index is -0.741. The number of amides is 2. The van der Waals surface area contributed by atoms with Gasteiger partial charge >= 0.3 is 12.0 Å². The van der Waals surface area contributed by atoms with Gasteiger partial charge in [0.05, 0.1) is 12.4 Å². The van der Waals surface area contributed by atoms with Gasteiger partial charge in [0, 0.05) is 32.0 Å². The van der Waals surface area contributed by atoms with Gasteiger partial charge < -0.3 is 24.8 Å². The van der Waals surface area contributed by atoms with Gasteiger partial charge in [-0.05, 0) is 37.8 Å². The second kappa shape index (κ2) is 10.9. The zero-order valence-electron chi connectivity index (χ0n) is 15.2. The highest BCUT2D eigenvalue weighted by atomic mass is 16.4. The monoisotopic (exact) mass is 366 g/mol. The van der Waals surface area contributed by atoms with E-state index < -0.39 is 12.1 Å². The molecule has 2 amide bonds. The Bertz CT molecular complexity index is 546. The number of hydrogen-bond acceptors (Lipinski definition) is 4. The molecule has 2 atom stereocenters. The molecule has 1 aliphatic heterocycles. The maximum Gasteiger partial charge on any atom is 0.317 e. The molecule has 26 heavy (non-hydrogen) atoms. The molecule has 0 radical (unpaired) electrons. The van der Waals surface area contributed by atoms with Crippen molar-refractivity contribution in [2.75, 3.05) is 13.1 Å². The van der Waals surface area contributed by atoms with E-state index in [-0.39, 0.29) is 18.5 Å². The number of carboxylic acids is 1. The van der Waals surface area contributed by atoms with E-state index in [1.54, 1.807) is 11.2 Å². The third kappa shape index (κ3) is 7.47. The van der Waals surface area contributed by atoms with Gasteiger partial charge in [0.2, 0.25) is 0 Å². The van der Waals surface area contributed by atoms with E-state index in [0.29, 0.717) is 38.8 Å². The summed E-state index contributed by atoms with van der Waals surface area (Å²) in [7, 11) is 0. The Morgan fingerprint density at radius 3 is 2.85 bits per heavy atom. The average Bonchev–Trinajstić information content (AvgIpc) is 3.23. The molecule has 0 aliphatic carbocycles. The molecule has 0 spiro atoms. The molecule has 1 saturated heterocycles. The molecule has 0 aromatic carbocycles. The number of aliphatic hydroxyl groups excluding tert-OH is 1. The highest BCUT2D eigenvalue weighted by Gasteiger charge is 2.28. The first-order chi connectivity index (χ1) is 12.5. The number of aryl methyl sites for hydroxylation is 1. The number of rotatable bonds is 13. The van der Waals surface area contributed by atoms with E-state index >= 15 is 0 Å². The van der Waals surface area contributed by atoms with Crippen LogP contribution in [0.15, 0.2) is 22.8 Å². The summed E-state index contributed by atoms with van der Waals surface area (Å²) in [5.41, 5.74) is 0. The molecule has 3 N–H and O–H groups in total. The summed E-state index contributed by atoms with van der Waals surface area (Å²) in [6.45, 7) is 1.24. The number of unbranched alkanes of at least 4 members (excludes halogenated alkanes) is 3. The van der Waals surface area contributed by atoms with Gasteiger partial charge in [0.25, 0.3) is 0 Å². The van der Waals surface area contributed by atoms with Gasteiger partial charge in [-0.1, -0.05) is 19.3 Å². The molecular weight excluding hydrogens is 336 g/mol. The lowest BCUT2D eigenvalue weighted by atomic mass is 10.1. The summed E-state index contributed by atoms with van der Waals surface area (Å²) in [5.74, 6) is 0.126. The zero-order chi connectivity index (χ0) is 18.8. The molecule has 1 aliphatic rings. The maximum atomic E-state index is 12.0. The van der Waals surface area contributed by atoms with Gasteiger partial charge in [0.15, 0.2) is 0 Å². The Kier molecular flexibility index (Phi) is 8.47. The highest BCUT2D eigenvalue weighted by molar-refractivity contribution is 5.76. The Morgan fingerprint density at radius 1 is 1.31 bits per heavy atom. The lowest BCUT2D eigenvalue weighted by Crippen LogP contribution is -2.31. The van der Waals surface area contributed by atoms with Crippen molar-refractivity contribution in [2.45, 2.75) is 69.9 Å². The predicted molar refractivity (Wildman–Crippen MR) is 96.9 cm³/mol. The van der Waals surface area contributed by atoms with Crippen LogP contribution in [0.25, 0.3) is 0 Å². The smallest absolute Gasteiger partial charge is 0.317 e. The summed E-state index contributed by atoms with van der Waals surface area (Å²) < 4.78 is 5.25. The summed E-state index contributed by atoms with van der Waals surface area (Å²) in [6, 6.07) is 3.83. The highest BCUT2D eigenvalue weighted by Crippen LogP contribution is 2.14. The van der Waals surface area contributed by atoms with Crippen LogP contribution in [-0.4, -0.2) is 52.3 Å². The molecule has 7 heteroatoms. The average molecular weight is 366 g/mol. The standard InChI is InChI=1S/C19H30N2O5/c22-16(9-10-17-7-5-13-26-17)11-12-21-14-15(20-19(21)25)6-3-1-2-4-8-18(23)24/h5,7,13,15-16,22H,1-4,6,8-12,14H2,(H,20,25)(H,23,24). The van der Waals surface area contributed by atoms with E-state index in [0.717, 1.165) is 31.4 Å². The number of carbonyl (C=O) groups excluding carboxylic acids is 1. The van der Waals surface area contributed by atoms with Gasteiger partial charge in [0.1, 0.15) is 5.76 Å². The van der Waals surface area contributed by atoms with Crippen LogP contribution < -0.4 is 5.32 Å². The summed E-state index contributed by atoms with van der Waals surface area (Å²) in [4.78, 5) is 24.2. The van der Waals surface area contributed by atoms with Crippen molar-refractivity contribution < 1.29 is 24.2 Å². The molecule has 2 rings (SSSR count). The number of furan rings is 1. The van der Waals surface area contributed by atoms with Crippen molar-refractivity contribution in [3.8, 4) is 0 Å². The van der Waals surface area contributed by atoms with Crippen molar-refractivity contribution in [1.82, 2.24) is 10.2 Å². The van der Waals surface area contributed by atoms with Crippen molar-refractivity contribution in [3.63, 3.8) is 0 Å². The minimum absolute atomic E-state index is 0.0564. The molecule has 2 heterocycles. The number of hydrogen-bond donors (Lipinski definition) is 3. The molecule has 146 valence electrons. The van der Waals surface area contributed by atoms with E-state index in [1.165, 1.54) is 0 Å². The first-order valence-electron chi connectivity index (χ1n) is 9.52. The first-order valence-corrected chi connectivity index (χ1v) is 9.52. The predicted octanol–water partition coefficient (Wildman–Crippen LogP) is 2.78.